The zero-order chi connectivity index (χ0) is 7.56. The summed E-state index contributed by atoms with van der Waals surface area (Å²) in [4.78, 5) is 4.01. The van der Waals surface area contributed by atoms with E-state index >= 15 is 0 Å². The predicted octanol–water partition coefficient (Wildman–Crippen LogP) is 2.11. The van der Waals surface area contributed by atoms with E-state index in [1.54, 1.807) is 0 Å². The summed E-state index contributed by atoms with van der Waals surface area (Å²) in [7, 11) is 0. The first-order valence-electron chi connectivity index (χ1n) is 3.40. The summed E-state index contributed by atoms with van der Waals surface area (Å²) in [6.07, 6.45) is 5.45. The monoisotopic (exact) mass is 136 g/mol. The van der Waals surface area contributed by atoms with Crippen molar-refractivity contribution in [3.8, 4) is 0 Å². The molecule has 0 spiro atoms. The number of aromatic nitrogens is 2. The Bertz CT molecular complexity index is 223. The summed E-state index contributed by atoms with van der Waals surface area (Å²) in [5, 5.41) is 0. The summed E-state index contributed by atoms with van der Waals surface area (Å²) < 4.78 is 2.08. The lowest BCUT2D eigenvalue weighted by Gasteiger charge is -2.07. The van der Waals surface area contributed by atoms with Gasteiger partial charge in [0.05, 0.1) is 18.2 Å². The molecule has 0 aromatic carbocycles. The first kappa shape index (κ1) is 7.06. The average Bonchev–Trinajstić information content (AvgIpc) is 2.33. The topological polar surface area (TPSA) is 17.8 Å². The maximum atomic E-state index is 4.01. The van der Waals surface area contributed by atoms with Crippen LogP contribution in [0.3, 0.4) is 0 Å². The van der Waals surface area contributed by atoms with Crippen molar-refractivity contribution in [2.24, 2.45) is 0 Å². The lowest BCUT2D eigenvalue weighted by molar-refractivity contribution is 0.595. The van der Waals surface area contributed by atoms with Gasteiger partial charge in [0, 0.05) is 6.04 Å². The number of hydrogen-bond acceptors (Lipinski definition) is 1. The van der Waals surface area contributed by atoms with Crippen LogP contribution in [0.15, 0.2) is 19.1 Å². The smallest absolute Gasteiger partial charge is 0.0953 e. The number of hydrogen-bond donors (Lipinski definition) is 0. The molecule has 0 bridgehead atoms. The molecule has 0 N–H and O–H groups in total. The zero-order valence-corrected chi connectivity index (χ0v) is 6.41. The van der Waals surface area contributed by atoms with E-state index in [0.717, 1.165) is 5.69 Å². The Morgan fingerprint density at radius 2 is 2.40 bits per heavy atom. The first-order valence-corrected chi connectivity index (χ1v) is 3.40. The highest BCUT2D eigenvalue weighted by molar-refractivity contribution is 5.40. The molecule has 2 nitrogen and oxygen atoms in total. The molecule has 0 aliphatic rings. The first-order chi connectivity index (χ1) is 4.75. The van der Waals surface area contributed by atoms with Crippen LogP contribution in [0, 0.1) is 0 Å². The molecule has 0 amide bonds. The molecule has 1 rings (SSSR count). The maximum absolute atomic E-state index is 4.01. The molecule has 0 fully saturated rings. The van der Waals surface area contributed by atoms with E-state index < -0.39 is 0 Å². The third kappa shape index (κ3) is 1.10. The molecule has 0 aliphatic heterocycles. The third-order valence-electron chi connectivity index (χ3n) is 1.46. The molecule has 0 radical (unpaired) electrons. The Morgan fingerprint density at radius 3 is 2.80 bits per heavy atom. The Morgan fingerprint density at radius 1 is 1.70 bits per heavy atom. The fourth-order valence-corrected chi connectivity index (χ4v) is 0.904. The van der Waals surface area contributed by atoms with Crippen molar-refractivity contribution in [2.45, 2.75) is 19.9 Å². The molecule has 10 heavy (non-hydrogen) atoms. The normalized spacial score (nSPS) is 10.3. The van der Waals surface area contributed by atoms with Gasteiger partial charge in [-0.25, -0.2) is 4.98 Å². The highest BCUT2D eigenvalue weighted by Gasteiger charge is 1.99. The van der Waals surface area contributed by atoms with Crippen LogP contribution < -0.4 is 0 Å². The summed E-state index contributed by atoms with van der Waals surface area (Å²) >= 11 is 0. The highest BCUT2D eigenvalue weighted by Crippen LogP contribution is 2.08. The van der Waals surface area contributed by atoms with Gasteiger partial charge in [-0.3, -0.25) is 0 Å². The van der Waals surface area contributed by atoms with Gasteiger partial charge in [0.2, 0.25) is 0 Å². The minimum Gasteiger partial charge on any atom is -0.329 e. The molecule has 54 valence electrons. The van der Waals surface area contributed by atoms with Crippen LogP contribution >= 0.6 is 0 Å². The van der Waals surface area contributed by atoms with Crippen LogP contribution in [-0.4, -0.2) is 9.55 Å². The van der Waals surface area contributed by atoms with Gasteiger partial charge in [-0.05, 0) is 19.9 Å². The van der Waals surface area contributed by atoms with Crippen molar-refractivity contribution in [3.05, 3.63) is 24.8 Å². The SMILES string of the molecule is C=Cc1cncn1C(C)C. The Kier molecular flexibility index (Phi) is 1.90. The molecular formula is C8H12N2. The van der Waals surface area contributed by atoms with Crippen LogP contribution in [0.2, 0.25) is 0 Å². The van der Waals surface area contributed by atoms with Crippen LogP contribution in [-0.2, 0) is 0 Å². The van der Waals surface area contributed by atoms with E-state index in [4.69, 9.17) is 0 Å². The van der Waals surface area contributed by atoms with Gasteiger partial charge >= 0.3 is 0 Å². The lowest BCUT2D eigenvalue weighted by Crippen LogP contribution is -1.99. The molecule has 1 heterocycles. The predicted molar refractivity (Wildman–Crippen MR) is 42.7 cm³/mol. The van der Waals surface area contributed by atoms with E-state index in [-0.39, 0.29) is 0 Å². The van der Waals surface area contributed by atoms with Gasteiger partial charge in [-0.15, -0.1) is 0 Å². The Labute approximate surface area is 61.2 Å². The van der Waals surface area contributed by atoms with E-state index in [1.165, 1.54) is 0 Å². The van der Waals surface area contributed by atoms with Gasteiger partial charge in [-0.1, -0.05) is 6.58 Å². The molecule has 0 saturated heterocycles. The Hall–Kier alpha value is -1.05. The van der Waals surface area contributed by atoms with Crippen molar-refractivity contribution < 1.29 is 0 Å². The summed E-state index contributed by atoms with van der Waals surface area (Å²) in [6, 6.07) is 0.468. The fourth-order valence-electron chi connectivity index (χ4n) is 0.904. The minimum absolute atomic E-state index is 0.468. The molecular weight excluding hydrogens is 124 g/mol. The van der Waals surface area contributed by atoms with Gasteiger partial charge in [0.1, 0.15) is 0 Å². The molecule has 0 saturated carbocycles. The van der Waals surface area contributed by atoms with Crippen molar-refractivity contribution in [1.29, 1.82) is 0 Å². The molecule has 0 unspecified atom stereocenters. The minimum atomic E-state index is 0.468. The molecule has 2 heteroatoms. The van der Waals surface area contributed by atoms with Gasteiger partial charge in [0.25, 0.3) is 0 Å². The van der Waals surface area contributed by atoms with Crippen LogP contribution in [0.5, 0.6) is 0 Å². The van der Waals surface area contributed by atoms with Gasteiger partial charge in [0.15, 0.2) is 0 Å². The lowest BCUT2D eigenvalue weighted by atomic mass is 10.3. The van der Waals surface area contributed by atoms with Crippen LogP contribution in [0.4, 0.5) is 0 Å². The maximum Gasteiger partial charge on any atom is 0.0953 e. The van der Waals surface area contributed by atoms with E-state index in [2.05, 4.69) is 30.0 Å². The quantitative estimate of drug-likeness (QED) is 0.608. The highest BCUT2D eigenvalue weighted by atomic mass is 15.1. The largest absolute Gasteiger partial charge is 0.329 e. The van der Waals surface area contributed by atoms with E-state index in [0.29, 0.717) is 6.04 Å². The van der Waals surface area contributed by atoms with Crippen LogP contribution in [0.25, 0.3) is 6.08 Å². The van der Waals surface area contributed by atoms with Crippen molar-refractivity contribution in [2.75, 3.05) is 0 Å². The van der Waals surface area contributed by atoms with Gasteiger partial charge < -0.3 is 4.57 Å². The van der Waals surface area contributed by atoms with E-state index in [1.807, 2.05) is 18.6 Å². The average molecular weight is 136 g/mol. The summed E-state index contributed by atoms with van der Waals surface area (Å²) in [5.74, 6) is 0. The fraction of sp³-hybridized carbons (Fsp3) is 0.375. The van der Waals surface area contributed by atoms with Crippen LogP contribution in [0.1, 0.15) is 25.6 Å². The molecule has 1 aromatic heterocycles. The van der Waals surface area contributed by atoms with Crippen molar-refractivity contribution in [1.82, 2.24) is 9.55 Å². The van der Waals surface area contributed by atoms with Gasteiger partial charge in [-0.2, -0.15) is 0 Å². The third-order valence-corrected chi connectivity index (χ3v) is 1.46. The van der Waals surface area contributed by atoms with E-state index in [9.17, 15) is 0 Å². The molecule has 0 aliphatic carbocycles. The number of rotatable bonds is 2. The second-order valence-electron chi connectivity index (χ2n) is 2.52. The second kappa shape index (κ2) is 2.69. The van der Waals surface area contributed by atoms with Crippen molar-refractivity contribution >= 4 is 6.08 Å². The number of nitrogens with zero attached hydrogens (tertiary/aromatic N) is 2. The van der Waals surface area contributed by atoms with Crippen molar-refractivity contribution in [3.63, 3.8) is 0 Å². The second-order valence-corrected chi connectivity index (χ2v) is 2.52. The summed E-state index contributed by atoms with van der Waals surface area (Å²) in [5.41, 5.74) is 1.08. The standard InChI is InChI=1S/C8H12N2/c1-4-8-5-9-6-10(8)7(2)3/h4-7H,1H2,2-3H3. The number of imidazole rings is 1. The summed E-state index contributed by atoms with van der Waals surface area (Å²) in [6.45, 7) is 7.92. The Balaban J connectivity index is 3.01. The zero-order valence-electron chi connectivity index (χ0n) is 6.41. The molecule has 1 aromatic rings. The molecule has 0 atom stereocenters.